The Bertz CT molecular complexity index is 216. The van der Waals surface area contributed by atoms with Crippen molar-refractivity contribution < 1.29 is 9.90 Å². The average Bonchev–Trinajstić information content (AvgIpc) is 2.12. The molecule has 1 N–H and O–H groups in total. The molecule has 0 aliphatic heterocycles. The predicted octanol–water partition coefficient (Wildman–Crippen LogP) is 1.22. The summed E-state index contributed by atoms with van der Waals surface area (Å²) in [7, 11) is 0. The van der Waals surface area contributed by atoms with Crippen LogP contribution in [0, 0.1) is 0 Å². The average molecular weight is 214 g/mol. The maximum absolute atomic E-state index is 9.72. The minimum atomic E-state index is -0.457. The Labute approximate surface area is 92.7 Å². The zero-order chi connectivity index (χ0) is 11.9. The quantitative estimate of drug-likeness (QED) is 0.410. The third-order valence-corrected chi connectivity index (χ3v) is 2.27. The van der Waals surface area contributed by atoms with Crippen LogP contribution in [0.25, 0.3) is 0 Å². The Balaban J connectivity index is 4.21. The van der Waals surface area contributed by atoms with E-state index in [1.165, 1.54) is 0 Å². The highest BCUT2D eigenvalue weighted by Gasteiger charge is 2.23. The number of aliphatic hydroxyl groups excluding tert-OH is 1. The lowest BCUT2D eigenvalue weighted by Crippen LogP contribution is -2.46. The summed E-state index contributed by atoms with van der Waals surface area (Å²) >= 11 is 0. The number of rotatable bonds is 6. The summed E-state index contributed by atoms with van der Waals surface area (Å²) < 4.78 is 0. The molecule has 4 nitrogen and oxygen atoms in total. The highest BCUT2D eigenvalue weighted by Crippen LogP contribution is 2.14. The van der Waals surface area contributed by atoms with Gasteiger partial charge < -0.3 is 5.11 Å². The molecule has 0 bridgehead atoms. The van der Waals surface area contributed by atoms with E-state index in [2.05, 4.69) is 49.2 Å². The Morgan fingerprint density at radius 1 is 1.47 bits per heavy atom. The van der Waals surface area contributed by atoms with Crippen molar-refractivity contribution in [1.29, 1.82) is 0 Å². The van der Waals surface area contributed by atoms with Crippen molar-refractivity contribution in [2.24, 2.45) is 5.11 Å². The Morgan fingerprint density at radius 3 is 2.47 bits per heavy atom. The van der Waals surface area contributed by atoms with Gasteiger partial charge in [-0.25, -0.2) is 0 Å². The van der Waals surface area contributed by atoms with Crippen molar-refractivity contribution in [2.75, 3.05) is 19.6 Å². The van der Waals surface area contributed by atoms with Gasteiger partial charge in [-0.1, -0.05) is 6.92 Å². The molecular weight excluding hydrogens is 190 g/mol. The van der Waals surface area contributed by atoms with Crippen LogP contribution in [0.4, 0.5) is 0 Å². The molecule has 0 saturated heterocycles. The van der Waals surface area contributed by atoms with Gasteiger partial charge in [0.05, 0.1) is 11.2 Å². The highest BCUT2D eigenvalue weighted by atomic mass is 16.3. The minimum absolute atomic E-state index is 0.0819. The summed E-state index contributed by atoms with van der Waals surface area (Å²) in [5, 5.41) is 13.4. The van der Waals surface area contributed by atoms with Crippen LogP contribution in [-0.4, -0.2) is 52.8 Å². The molecular formula is C11H24N3O+. The van der Waals surface area contributed by atoms with Gasteiger partial charge in [0, 0.05) is 16.9 Å². The molecule has 0 aromatic heterocycles. The van der Waals surface area contributed by atoms with Crippen molar-refractivity contribution >= 4 is 6.72 Å². The fourth-order valence-corrected chi connectivity index (χ4v) is 1.43. The van der Waals surface area contributed by atoms with Gasteiger partial charge in [0.25, 0.3) is 6.72 Å². The Kier molecular flexibility index (Phi) is 6.41. The summed E-state index contributed by atoms with van der Waals surface area (Å²) in [6.45, 7) is 13.8. The van der Waals surface area contributed by atoms with Gasteiger partial charge in [-0.05, 0) is 33.7 Å². The first-order chi connectivity index (χ1) is 6.91. The predicted molar refractivity (Wildman–Crippen MR) is 62.3 cm³/mol. The molecule has 0 fully saturated rings. The molecule has 0 aliphatic carbocycles. The lowest BCUT2D eigenvalue weighted by atomic mass is 10.0. The monoisotopic (exact) mass is 214 g/mol. The molecule has 15 heavy (non-hydrogen) atoms. The van der Waals surface area contributed by atoms with E-state index >= 15 is 0 Å². The number of aliphatic hydroxyl groups is 1. The van der Waals surface area contributed by atoms with Gasteiger partial charge in [-0.2, -0.15) is 0 Å². The Hall–Kier alpha value is -0.700. The van der Waals surface area contributed by atoms with Crippen molar-refractivity contribution in [3.05, 3.63) is 0 Å². The number of hydrogen-bond donors (Lipinski definition) is 1. The molecule has 0 unspecified atom stereocenters. The molecule has 88 valence electrons. The molecule has 0 amide bonds. The third-order valence-electron chi connectivity index (χ3n) is 2.27. The number of hydrogen-bond acceptors (Lipinski definition) is 3. The van der Waals surface area contributed by atoms with E-state index in [0.29, 0.717) is 13.1 Å². The first-order valence-corrected chi connectivity index (χ1v) is 5.47. The standard InChI is InChI=1S/C11H24N3O/c1-6-7-14(11(2,3)4)9-10(15)8-13-12-5/h10,15H,5-9H2,1-4H3/q+1/t10-/m0/s1. The van der Waals surface area contributed by atoms with Crippen LogP contribution in [0.5, 0.6) is 0 Å². The van der Waals surface area contributed by atoms with E-state index < -0.39 is 6.10 Å². The van der Waals surface area contributed by atoms with Crippen molar-refractivity contribution in [3.8, 4) is 0 Å². The molecule has 0 radical (unpaired) electrons. The van der Waals surface area contributed by atoms with E-state index in [9.17, 15) is 5.11 Å². The number of β-amino-alcohol motifs (C(OH)–C–C–N with tert-alkyl or cyclic N) is 1. The Morgan fingerprint density at radius 2 is 2.07 bits per heavy atom. The summed E-state index contributed by atoms with van der Waals surface area (Å²) in [4.78, 5) is 5.65. The largest absolute Gasteiger partial charge is 0.390 e. The van der Waals surface area contributed by atoms with Crippen molar-refractivity contribution in [2.45, 2.75) is 45.8 Å². The molecule has 1 atom stereocenters. The molecule has 0 rings (SSSR count). The topological polar surface area (TPSA) is 49.9 Å². The van der Waals surface area contributed by atoms with Gasteiger partial charge in [-0.15, -0.1) is 0 Å². The fourth-order valence-electron chi connectivity index (χ4n) is 1.43. The molecule has 0 aromatic rings. The summed E-state index contributed by atoms with van der Waals surface area (Å²) in [6.07, 6.45) is 0.627. The zero-order valence-electron chi connectivity index (χ0n) is 10.4. The fraction of sp³-hybridized carbons (Fsp3) is 0.909. The van der Waals surface area contributed by atoms with Gasteiger partial charge >= 0.3 is 0 Å². The lowest BCUT2D eigenvalue weighted by molar-refractivity contribution is -0.0865. The normalized spacial score (nSPS) is 13.7. The van der Waals surface area contributed by atoms with Crippen LogP contribution in [-0.2, 0) is 0 Å². The minimum Gasteiger partial charge on any atom is -0.390 e. The third kappa shape index (κ3) is 6.39. The van der Waals surface area contributed by atoms with Gasteiger partial charge in [0.2, 0.25) is 0 Å². The summed E-state index contributed by atoms with van der Waals surface area (Å²) in [5.74, 6) is 0. The SMILES string of the molecule is C=[N+]=NC[C@H](O)CN(CCC)C(C)(C)C. The van der Waals surface area contributed by atoms with Gasteiger partial charge in [0.15, 0.2) is 0 Å². The molecule has 4 heteroatoms. The zero-order valence-corrected chi connectivity index (χ0v) is 10.4. The molecule has 0 spiro atoms. The van der Waals surface area contributed by atoms with E-state index in [4.69, 9.17) is 0 Å². The van der Waals surface area contributed by atoms with Crippen LogP contribution in [0.3, 0.4) is 0 Å². The van der Waals surface area contributed by atoms with Crippen LogP contribution in [0.1, 0.15) is 34.1 Å². The second kappa shape index (κ2) is 6.72. The molecule has 0 aliphatic rings. The van der Waals surface area contributed by atoms with Crippen LogP contribution in [0.15, 0.2) is 5.11 Å². The van der Waals surface area contributed by atoms with Gasteiger partial charge in [0.1, 0.15) is 6.54 Å². The first kappa shape index (κ1) is 14.3. The van der Waals surface area contributed by atoms with Crippen LogP contribution in [0.2, 0.25) is 0 Å². The first-order valence-electron chi connectivity index (χ1n) is 5.47. The van der Waals surface area contributed by atoms with E-state index in [0.717, 1.165) is 13.0 Å². The second-order valence-corrected chi connectivity index (χ2v) is 4.74. The molecule has 0 saturated carbocycles. The molecule has 0 aromatic carbocycles. The van der Waals surface area contributed by atoms with Gasteiger partial charge in [-0.3, -0.25) is 4.90 Å². The van der Waals surface area contributed by atoms with Crippen molar-refractivity contribution in [1.82, 2.24) is 4.90 Å². The summed E-state index contributed by atoms with van der Waals surface area (Å²) in [5.41, 5.74) is 0.0819. The second-order valence-electron chi connectivity index (χ2n) is 4.74. The van der Waals surface area contributed by atoms with Crippen molar-refractivity contribution in [3.63, 3.8) is 0 Å². The maximum atomic E-state index is 9.72. The van der Waals surface area contributed by atoms with E-state index in [1.54, 1.807) is 0 Å². The lowest BCUT2D eigenvalue weighted by Gasteiger charge is -2.36. The molecule has 0 heterocycles. The highest BCUT2D eigenvalue weighted by molar-refractivity contribution is 5.12. The maximum Gasteiger partial charge on any atom is 0.295 e. The van der Waals surface area contributed by atoms with E-state index in [1.807, 2.05) is 0 Å². The number of nitrogens with zero attached hydrogens (tertiary/aromatic N) is 3. The van der Waals surface area contributed by atoms with Crippen LogP contribution >= 0.6 is 0 Å². The van der Waals surface area contributed by atoms with Crippen LogP contribution < -0.4 is 0 Å². The van der Waals surface area contributed by atoms with E-state index in [-0.39, 0.29) is 5.54 Å². The smallest absolute Gasteiger partial charge is 0.295 e. The summed E-state index contributed by atoms with van der Waals surface area (Å²) in [6, 6.07) is 0.